The minimum Gasteiger partial charge on any atom is -0.389 e. The zero-order valence-electron chi connectivity index (χ0n) is 14.3. The molecule has 4 nitrogen and oxygen atoms in total. The third kappa shape index (κ3) is 4.79. The van der Waals surface area contributed by atoms with Gasteiger partial charge in [0.2, 0.25) is 0 Å². The van der Waals surface area contributed by atoms with Gasteiger partial charge in [-0.25, -0.2) is 4.39 Å². The predicted octanol–water partition coefficient (Wildman–Crippen LogP) is 3.65. The number of likely N-dealkylation sites (tertiary alicyclic amines) is 1. The summed E-state index contributed by atoms with van der Waals surface area (Å²) in [5.41, 5.74) is 8.59. The van der Waals surface area contributed by atoms with Crippen LogP contribution in [0.4, 0.5) is 4.39 Å². The molecule has 1 aliphatic rings. The Hall–Kier alpha value is -2.40. The van der Waals surface area contributed by atoms with Gasteiger partial charge in [0.1, 0.15) is 12.4 Å². The summed E-state index contributed by atoms with van der Waals surface area (Å²) >= 11 is 0. The van der Waals surface area contributed by atoms with Crippen molar-refractivity contribution in [3.05, 3.63) is 71.0 Å². The summed E-state index contributed by atoms with van der Waals surface area (Å²) in [7, 11) is 0. The number of oxime groups is 1. The molecule has 0 saturated carbocycles. The lowest BCUT2D eigenvalue weighted by Crippen LogP contribution is -2.30. The number of rotatable bonds is 6. The van der Waals surface area contributed by atoms with Crippen molar-refractivity contribution in [2.24, 2.45) is 10.9 Å². The number of nitrogens with two attached hydrogens (primary N) is 1. The molecule has 0 amide bonds. The molecule has 5 heteroatoms. The van der Waals surface area contributed by atoms with Crippen molar-refractivity contribution in [2.45, 2.75) is 32.4 Å². The molecular weight excluding hydrogens is 317 g/mol. The highest BCUT2D eigenvalue weighted by Crippen LogP contribution is 2.16. The quantitative estimate of drug-likeness (QED) is 0.496. The van der Waals surface area contributed by atoms with Gasteiger partial charge in [0.15, 0.2) is 5.84 Å². The molecule has 132 valence electrons. The maximum Gasteiger partial charge on any atom is 0.170 e. The third-order valence-corrected chi connectivity index (χ3v) is 4.48. The maximum atomic E-state index is 13.6. The van der Waals surface area contributed by atoms with Gasteiger partial charge in [-0.05, 0) is 37.6 Å². The van der Waals surface area contributed by atoms with Crippen molar-refractivity contribution < 1.29 is 9.23 Å². The number of nitrogens with zero attached hydrogens (tertiary/aromatic N) is 2. The molecule has 1 fully saturated rings. The molecule has 1 heterocycles. The highest BCUT2D eigenvalue weighted by molar-refractivity contribution is 5.98. The van der Waals surface area contributed by atoms with E-state index in [2.05, 4.69) is 16.1 Å². The first kappa shape index (κ1) is 17.4. The van der Waals surface area contributed by atoms with Gasteiger partial charge >= 0.3 is 0 Å². The van der Waals surface area contributed by atoms with E-state index in [1.807, 2.05) is 18.2 Å². The van der Waals surface area contributed by atoms with Crippen LogP contribution in [-0.4, -0.2) is 23.8 Å². The summed E-state index contributed by atoms with van der Waals surface area (Å²) in [5, 5.41) is 3.99. The van der Waals surface area contributed by atoms with Gasteiger partial charge in [0.05, 0.1) is 0 Å². The lowest BCUT2D eigenvalue weighted by Gasteiger charge is -2.27. The molecule has 2 N–H and O–H groups in total. The van der Waals surface area contributed by atoms with Gasteiger partial charge in [0, 0.05) is 17.7 Å². The molecule has 2 aromatic rings. The van der Waals surface area contributed by atoms with Crippen LogP contribution in [0.2, 0.25) is 0 Å². The lowest BCUT2D eigenvalue weighted by atomic mass is 10.0. The normalized spacial score (nSPS) is 16.0. The maximum absolute atomic E-state index is 13.6. The molecule has 0 aromatic heterocycles. The summed E-state index contributed by atoms with van der Waals surface area (Å²) in [6.07, 6.45) is 3.81. The Kier molecular flexibility index (Phi) is 6.01. The van der Waals surface area contributed by atoms with Crippen molar-refractivity contribution in [2.75, 3.05) is 13.1 Å². The number of benzene rings is 2. The average Bonchev–Trinajstić information content (AvgIpc) is 2.64. The Morgan fingerprint density at radius 2 is 1.68 bits per heavy atom. The van der Waals surface area contributed by atoms with Gasteiger partial charge < -0.3 is 10.6 Å². The van der Waals surface area contributed by atoms with Crippen molar-refractivity contribution in [3.63, 3.8) is 0 Å². The monoisotopic (exact) mass is 341 g/mol. The third-order valence-electron chi connectivity index (χ3n) is 4.48. The van der Waals surface area contributed by atoms with E-state index in [-0.39, 0.29) is 12.4 Å². The fourth-order valence-corrected chi connectivity index (χ4v) is 3.10. The summed E-state index contributed by atoms with van der Waals surface area (Å²) in [4.78, 5) is 7.71. The Morgan fingerprint density at radius 3 is 2.44 bits per heavy atom. The van der Waals surface area contributed by atoms with Gasteiger partial charge in [-0.15, -0.1) is 0 Å². The summed E-state index contributed by atoms with van der Waals surface area (Å²) in [5.74, 6) is 0.0192. The van der Waals surface area contributed by atoms with Gasteiger partial charge in [-0.3, -0.25) is 4.90 Å². The molecule has 0 aliphatic carbocycles. The Bertz CT molecular complexity index is 726. The van der Waals surface area contributed by atoms with Gasteiger partial charge in [0.25, 0.3) is 0 Å². The topological polar surface area (TPSA) is 50.9 Å². The second kappa shape index (κ2) is 8.62. The largest absolute Gasteiger partial charge is 0.389 e. The number of halogens is 1. The van der Waals surface area contributed by atoms with E-state index in [1.165, 1.54) is 25.3 Å². The van der Waals surface area contributed by atoms with E-state index in [0.29, 0.717) is 11.4 Å². The molecular formula is C20H24FN3O. The first-order chi connectivity index (χ1) is 12.2. The summed E-state index contributed by atoms with van der Waals surface area (Å²) in [6, 6.07) is 14.5. The van der Waals surface area contributed by atoms with Gasteiger partial charge in [-0.2, -0.15) is 0 Å². The van der Waals surface area contributed by atoms with E-state index in [0.717, 1.165) is 30.8 Å². The van der Waals surface area contributed by atoms with Crippen LogP contribution < -0.4 is 5.73 Å². The van der Waals surface area contributed by atoms with Gasteiger partial charge in [-0.1, -0.05) is 54.0 Å². The Morgan fingerprint density at radius 1 is 1.00 bits per heavy atom. The zero-order chi connectivity index (χ0) is 17.5. The SMILES string of the molecule is N/C(=N/OCc1ccccc1F)c1ccccc1CN1CCCCC1. The van der Waals surface area contributed by atoms with Crippen LogP contribution in [0, 0.1) is 5.82 Å². The second-order valence-corrected chi connectivity index (χ2v) is 6.34. The summed E-state index contributed by atoms with van der Waals surface area (Å²) < 4.78 is 13.6. The minimum atomic E-state index is -0.304. The van der Waals surface area contributed by atoms with Crippen molar-refractivity contribution in [1.29, 1.82) is 0 Å². The van der Waals surface area contributed by atoms with E-state index < -0.39 is 0 Å². The van der Waals surface area contributed by atoms with E-state index >= 15 is 0 Å². The van der Waals surface area contributed by atoms with Crippen molar-refractivity contribution in [3.8, 4) is 0 Å². The van der Waals surface area contributed by atoms with Crippen molar-refractivity contribution >= 4 is 5.84 Å². The van der Waals surface area contributed by atoms with E-state index in [4.69, 9.17) is 10.6 Å². The second-order valence-electron chi connectivity index (χ2n) is 6.34. The highest BCUT2D eigenvalue weighted by atomic mass is 19.1. The predicted molar refractivity (Wildman–Crippen MR) is 97.5 cm³/mol. The number of amidine groups is 1. The number of hydrogen-bond acceptors (Lipinski definition) is 3. The average molecular weight is 341 g/mol. The fraction of sp³-hybridized carbons (Fsp3) is 0.350. The lowest BCUT2D eigenvalue weighted by molar-refractivity contribution is 0.127. The zero-order valence-corrected chi connectivity index (χ0v) is 14.3. The van der Waals surface area contributed by atoms with Crippen LogP contribution in [0.25, 0.3) is 0 Å². The van der Waals surface area contributed by atoms with Crippen LogP contribution in [0.15, 0.2) is 53.7 Å². The molecule has 25 heavy (non-hydrogen) atoms. The molecule has 0 spiro atoms. The molecule has 0 radical (unpaired) electrons. The molecule has 1 saturated heterocycles. The number of piperidine rings is 1. The minimum absolute atomic E-state index is 0.0572. The molecule has 2 aromatic carbocycles. The smallest absolute Gasteiger partial charge is 0.170 e. The summed E-state index contributed by atoms with van der Waals surface area (Å²) in [6.45, 7) is 3.16. The number of hydrogen-bond donors (Lipinski definition) is 1. The molecule has 3 rings (SSSR count). The van der Waals surface area contributed by atoms with E-state index in [1.54, 1.807) is 18.2 Å². The highest BCUT2D eigenvalue weighted by Gasteiger charge is 2.14. The molecule has 1 aliphatic heterocycles. The standard InChI is InChI=1S/C20H24FN3O/c21-19-11-5-3-9-17(19)15-25-23-20(22)18-10-4-2-8-16(18)14-24-12-6-1-7-13-24/h2-5,8-11H,1,6-7,12-15H2,(H2,22,23). The first-order valence-electron chi connectivity index (χ1n) is 8.73. The van der Waals surface area contributed by atoms with E-state index in [9.17, 15) is 4.39 Å². The van der Waals surface area contributed by atoms with Crippen LogP contribution in [0.5, 0.6) is 0 Å². The Balaban J connectivity index is 1.66. The van der Waals surface area contributed by atoms with Crippen LogP contribution >= 0.6 is 0 Å². The molecule has 0 atom stereocenters. The first-order valence-corrected chi connectivity index (χ1v) is 8.73. The molecule has 0 unspecified atom stereocenters. The van der Waals surface area contributed by atoms with Crippen molar-refractivity contribution in [1.82, 2.24) is 4.90 Å². The Labute approximate surface area is 148 Å². The fourth-order valence-electron chi connectivity index (χ4n) is 3.10. The molecule has 0 bridgehead atoms. The van der Waals surface area contributed by atoms with Crippen LogP contribution in [0.1, 0.15) is 36.0 Å². The van der Waals surface area contributed by atoms with Crippen LogP contribution in [0.3, 0.4) is 0 Å². The van der Waals surface area contributed by atoms with Crippen LogP contribution in [-0.2, 0) is 18.0 Å².